The number of hydrogen-bond donors (Lipinski definition) is 2. The van der Waals surface area contributed by atoms with Crippen LogP contribution in [0.4, 0.5) is 5.69 Å². The number of methoxy groups -OCH3 is 1. The molecule has 2 heterocycles. The van der Waals surface area contributed by atoms with Gasteiger partial charge < -0.3 is 18.8 Å². The minimum absolute atomic E-state index is 0.258. The lowest BCUT2D eigenvalue weighted by Gasteiger charge is -2.18. The van der Waals surface area contributed by atoms with E-state index in [1.807, 2.05) is 64.1 Å². The monoisotopic (exact) mass is 629 g/mol. The van der Waals surface area contributed by atoms with E-state index in [9.17, 15) is 21.4 Å². The molecule has 0 aliphatic carbocycles. The molecule has 0 amide bonds. The number of nitrogens with zero attached hydrogens (tertiary/aromatic N) is 2. The average Bonchev–Trinajstić information content (AvgIpc) is 3.48. The molecule has 2 N–H and O–H groups in total. The van der Waals surface area contributed by atoms with Crippen molar-refractivity contribution in [1.29, 1.82) is 0 Å². The third-order valence-corrected chi connectivity index (χ3v) is 8.70. The molecule has 3 aromatic carbocycles. The highest BCUT2D eigenvalue weighted by Crippen LogP contribution is 2.42. The predicted octanol–water partition coefficient (Wildman–Crippen LogP) is 4.93. The first-order valence-electron chi connectivity index (χ1n) is 13.8. The molecular formula is C30H33N2O9S2+. The number of oxazole rings is 1. The first-order chi connectivity index (χ1) is 20.5. The van der Waals surface area contributed by atoms with Crippen LogP contribution in [-0.2, 0) is 26.8 Å². The maximum Gasteiger partial charge on any atom is 0.379 e. The third-order valence-electron chi connectivity index (χ3n) is 7.09. The Morgan fingerprint density at radius 3 is 2.28 bits per heavy atom. The van der Waals surface area contributed by atoms with Gasteiger partial charge in [-0.15, -0.1) is 0 Å². The zero-order valence-electron chi connectivity index (χ0n) is 23.5. The summed E-state index contributed by atoms with van der Waals surface area (Å²) in [4.78, 5) is 1.95. The summed E-state index contributed by atoms with van der Waals surface area (Å²) < 4.78 is 83.2. The van der Waals surface area contributed by atoms with Crippen molar-refractivity contribution < 1.29 is 44.4 Å². The summed E-state index contributed by atoms with van der Waals surface area (Å²) in [6.07, 6.45) is 3.19. The van der Waals surface area contributed by atoms with Crippen molar-refractivity contribution in [3.05, 3.63) is 78.5 Å². The molecule has 13 heteroatoms. The summed E-state index contributed by atoms with van der Waals surface area (Å²) in [5.74, 6) is 1.46. The van der Waals surface area contributed by atoms with E-state index in [2.05, 4.69) is 0 Å². The summed E-state index contributed by atoms with van der Waals surface area (Å²) in [5.41, 5.74) is 4.14. The van der Waals surface area contributed by atoms with Gasteiger partial charge >= 0.3 is 5.89 Å². The largest absolute Gasteiger partial charge is 0.497 e. The minimum Gasteiger partial charge on any atom is -0.497 e. The second-order valence-corrected chi connectivity index (χ2v) is 13.3. The van der Waals surface area contributed by atoms with Gasteiger partial charge in [-0.25, -0.2) is 0 Å². The first-order valence-corrected chi connectivity index (χ1v) is 17.0. The molecule has 0 saturated heterocycles. The van der Waals surface area contributed by atoms with Gasteiger partial charge in [-0.1, -0.05) is 36.4 Å². The molecule has 0 unspecified atom stereocenters. The van der Waals surface area contributed by atoms with Crippen LogP contribution < -0.4 is 18.9 Å². The molecule has 0 atom stereocenters. The van der Waals surface area contributed by atoms with Crippen molar-refractivity contribution in [1.82, 2.24) is 0 Å². The molecular weight excluding hydrogens is 596 g/mol. The molecule has 0 saturated carbocycles. The van der Waals surface area contributed by atoms with Crippen LogP contribution in [-0.4, -0.2) is 51.1 Å². The Bertz CT molecular complexity index is 1850. The van der Waals surface area contributed by atoms with Crippen molar-refractivity contribution in [2.75, 3.05) is 30.1 Å². The van der Waals surface area contributed by atoms with Crippen LogP contribution in [0.5, 0.6) is 11.5 Å². The summed E-state index contributed by atoms with van der Waals surface area (Å²) in [5, 5.41) is 0. The topological polar surface area (TPSA) is 147 Å². The van der Waals surface area contributed by atoms with E-state index < -0.39 is 20.2 Å². The molecule has 1 aliphatic rings. The molecule has 4 aromatic rings. The van der Waals surface area contributed by atoms with Crippen LogP contribution in [0, 0.1) is 0 Å². The van der Waals surface area contributed by atoms with Crippen LogP contribution >= 0.6 is 0 Å². The summed E-state index contributed by atoms with van der Waals surface area (Å²) in [6.45, 7) is 0.822. The molecule has 1 aliphatic heterocycles. The highest BCUT2D eigenvalue weighted by atomic mass is 32.2. The van der Waals surface area contributed by atoms with Crippen LogP contribution in [0.2, 0.25) is 0 Å². The molecule has 11 nitrogen and oxygen atoms in total. The van der Waals surface area contributed by atoms with Crippen LogP contribution in [0.3, 0.4) is 0 Å². The molecule has 0 bridgehead atoms. The molecule has 0 spiro atoms. The Balaban J connectivity index is 1.51. The molecule has 43 heavy (non-hydrogen) atoms. The van der Waals surface area contributed by atoms with Crippen molar-refractivity contribution in [2.45, 2.75) is 32.2 Å². The second kappa shape index (κ2) is 12.8. The van der Waals surface area contributed by atoms with Gasteiger partial charge in [-0.05, 0) is 48.6 Å². The molecule has 228 valence electrons. The van der Waals surface area contributed by atoms with E-state index in [1.54, 1.807) is 25.3 Å². The summed E-state index contributed by atoms with van der Waals surface area (Å²) in [7, 11) is -6.59. The van der Waals surface area contributed by atoms with Crippen molar-refractivity contribution in [3.8, 4) is 22.6 Å². The molecule has 0 fully saturated rings. The quantitative estimate of drug-likeness (QED) is 0.119. The van der Waals surface area contributed by atoms with Crippen LogP contribution in [0.25, 0.3) is 28.3 Å². The highest BCUT2D eigenvalue weighted by molar-refractivity contribution is 7.86. The Morgan fingerprint density at radius 2 is 1.58 bits per heavy atom. The van der Waals surface area contributed by atoms with E-state index >= 15 is 0 Å². The summed E-state index contributed by atoms with van der Waals surface area (Å²) in [6, 6.07) is 21.2. The van der Waals surface area contributed by atoms with Crippen molar-refractivity contribution in [3.63, 3.8) is 0 Å². The minimum atomic E-state index is -4.08. The zero-order valence-corrected chi connectivity index (χ0v) is 25.2. The van der Waals surface area contributed by atoms with Gasteiger partial charge in [-0.2, -0.15) is 21.4 Å². The van der Waals surface area contributed by atoms with Crippen molar-refractivity contribution >= 4 is 43.1 Å². The lowest BCUT2D eigenvalue weighted by atomic mass is 10.0. The van der Waals surface area contributed by atoms with Gasteiger partial charge in [0.1, 0.15) is 11.8 Å². The SMILES string of the molecule is COc1ccc2c(c1)oc(C=C1Oc3ccc(-c4ccccc4)cc3N1CCCCS(=O)(=O)O)[n+]2CCCCS(=O)(=O)O. The Morgan fingerprint density at radius 1 is 0.860 bits per heavy atom. The third kappa shape index (κ3) is 7.73. The smallest absolute Gasteiger partial charge is 0.379 e. The number of aryl methyl sites for hydroxylation is 1. The Labute approximate surface area is 250 Å². The van der Waals surface area contributed by atoms with Gasteiger partial charge in [0.05, 0.1) is 24.3 Å². The first kappa shape index (κ1) is 30.5. The number of benzene rings is 3. The Hall–Kier alpha value is -3.91. The molecule has 0 radical (unpaired) electrons. The fourth-order valence-corrected chi connectivity index (χ4v) is 6.15. The number of hydrogen-bond acceptors (Lipinski definition) is 8. The van der Waals surface area contributed by atoms with E-state index in [0.717, 1.165) is 22.3 Å². The van der Waals surface area contributed by atoms with Gasteiger partial charge in [0.15, 0.2) is 12.3 Å². The fourth-order valence-electron chi connectivity index (χ4n) is 5.01. The summed E-state index contributed by atoms with van der Waals surface area (Å²) >= 11 is 0. The van der Waals surface area contributed by atoms with Gasteiger partial charge in [0, 0.05) is 25.1 Å². The van der Waals surface area contributed by atoms with Gasteiger partial charge in [0.2, 0.25) is 11.5 Å². The fraction of sp³-hybridized carbons (Fsp3) is 0.300. The maximum atomic E-state index is 11.3. The number of anilines is 1. The Kier molecular flexibility index (Phi) is 9.06. The number of unbranched alkanes of at least 4 members (excludes halogenated alkanes) is 2. The molecule has 1 aromatic heterocycles. The number of aromatic nitrogens is 1. The highest BCUT2D eigenvalue weighted by Gasteiger charge is 2.30. The number of rotatable bonds is 13. The van der Waals surface area contributed by atoms with Crippen LogP contribution in [0.15, 0.2) is 77.0 Å². The standard InChI is InChI=1S/C30H32N2O9S2/c1-39-24-12-13-25-28(20-24)41-29(31(25)15-5-7-17-42(33,34)35)21-30-32(16-6-8-18-43(36,37)38)26-19-23(11-14-27(26)40-30)22-9-3-2-4-10-22/h2-4,9-14,19-21H,5-8,15-18H2,1H3,(H-,33,34,35,36,37,38)/p+1. The lowest BCUT2D eigenvalue weighted by molar-refractivity contribution is -0.678. The molecule has 5 rings (SSSR count). The van der Waals surface area contributed by atoms with Gasteiger partial charge in [-0.3, -0.25) is 9.11 Å². The lowest BCUT2D eigenvalue weighted by Crippen LogP contribution is -2.36. The predicted molar refractivity (Wildman–Crippen MR) is 162 cm³/mol. The van der Waals surface area contributed by atoms with E-state index in [1.165, 1.54) is 0 Å². The zero-order chi connectivity index (χ0) is 30.6. The second-order valence-electron chi connectivity index (χ2n) is 10.2. The van der Waals surface area contributed by atoms with E-state index in [0.29, 0.717) is 54.8 Å². The van der Waals surface area contributed by atoms with E-state index in [-0.39, 0.29) is 24.3 Å². The van der Waals surface area contributed by atoms with E-state index in [4.69, 9.17) is 18.4 Å². The normalized spacial score (nSPS) is 14.3. The van der Waals surface area contributed by atoms with Crippen LogP contribution in [0.1, 0.15) is 31.6 Å². The van der Waals surface area contributed by atoms with Gasteiger partial charge in [0.25, 0.3) is 25.8 Å². The number of fused-ring (bicyclic) bond motifs is 2. The number of ether oxygens (including phenoxy) is 2. The maximum absolute atomic E-state index is 11.3. The van der Waals surface area contributed by atoms with Crippen molar-refractivity contribution in [2.24, 2.45) is 0 Å². The average molecular weight is 630 g/mol.